The Morgan fingerprint density at radius 2 is 1.40 bits per heavy atom. The summed E-state index contributed by atoms with van der Waals surface area (Å²) in [6.07, 6.45) is 3.38. The molecule has 42 heavy (non-hydrogen) atoms. The zero-order valence-electron chi connectivity index (χ0n) is 23.5. The van der Waals surface area contributed by atoms with E-state index in [0.717, 1.165) is 11.1 Å². The van der Waals surface area contributed by atoms with E-state index in [1.54, 1.807) is 26.6 Å². The van der Waals surface area contributed by atoms with E-state index in [1.165, 1.54) is 0 Å². The molecule has 10 nitrogen and oxygen atoms in total. The van der Waals surface area contributed by atoms with Crippen LogP contribution in [0.4, 0.5) is 0 Å². The SMILES string of the molecule is C=C1NC(CNCc2ncc(-c3cccc(-c4cccc(-c5cnc(CNC)c(OC)n5)c4Cl)c3Cl)nc2OC)CO1. The molecule has 2 aromatic heterocycles. The summed E-state index contributed by atoms with van der Waals surface area (Å²) >= 11 is 14.0. The summed E-state index contributed by atoms with van der Waals surface area (Å²) in [6, 6.07) is 11.6. The molecule has 1 atom stereocenters. The third kappa shape index (κ3) is 6.27. The van der Waals surface area contributed by atoms with Crippen LogP contribution in [0.15, 0.2) is 61.3 Å². The van der Waals surface area contributed by atoms with Crippen LogP contribution in [0.1, 0.15) is 11.4 Å². The summed E-state index contributed by atoms with van der Waals surface area (Å²) in [4.78, 5) is 18.5. The lowest BCUT2D eigenvalue weighted by Gasteiger charge is -2.15. The van der Waals surface area contributed by atoms with Gasteiger partial charge in [0.15, 0.2) is 5.88 Å². The van der Waals surface area contributed by atoms with E-state index in [-0.39, 0.29) is 6.04 Å². The number of methoxy groups -OCH3 is 2. The van der Waals surface area contributed by atoms with Crippen molar-refractivity contribution in [3.05, 3.63) is 82.7 Å². The maximum Gasteiger partial charge on any atom is 0.237 e. The van der Waals surface area contributed by atoms with Gasteiger partial charge >= 0.3 is 0 Å². The van der Waals surface area contributed by atoms with Crippen LogP contribution in [0.25, 0.3) is 33.6 Å². The number of ether oxygens (including phenoxy) is 3. The van der Waals surface area contributed by atoms with Crippen LogP contribution in [0, 0.1) is 0 Å². The van der Waals surface area contributed by atoms with E-state index in [4.69, 9.17) is 42.4 Å². The van der Waals surface area contributed by atoms with Crippen molar-refractivity contribution in [2.45, 2.75) is 19.1 Å². The third-order valence-electron chi connectivity index (χ3n) is 6.70. The fourth-order valence-corrected chi connectivity index (χ4v) is 5.30. The zero-order chi connectivity index (χ0) is 29.6. The number of halogens is 2. The summed E-state index contributed by atoms with van der Waals surface area (Å²) in [5.41, 5.74) is 5.45. The van der Waals surface area contributed by atoms with Gasteiger partial charge in [0, 0.05) is 41.9 Å². The average molecular weight is 609 g/mol. The number of aromatic nitrogens is 4. The number of hydrogen-bond acceptors (Lipinski definition) is 10. The first-order chi connectivity index (χ1) is 20.4. The smallest absolute Gasteiger partial charge is 0.237 e. The highest BCUT2D eigenvalue weighted by Crippen LogP contribution is 2.42. The highest BCUT2D eigenvalue weighted by Gasteiger charge is 2.20. The Morgan fingerprint density at radius 3 is 1.88 bits per heavy atom. The van der Waals surface area contributed by atoms with Gasteiger partial charge in [0.25, 0.3) is 0 Å². The lowest BCUT2D eigenvalue weighted by Crippen LogP contribution is -2.35. The Bertz CT molecular complexity index is 1600. The van der Waals surface area contributed by atoms with E-state index in [1.807, 2.05) is 43.4 Å². The molecule has 1 aliphatic heterocycles. The van der Waals surface area contributed by atoms with Crippen LogP contribution in [0.2, 0.25) is 10.0 Å². The van der Waals surface area contributed by atoms with Crippen molar-refractivity contribution in [1.82, 2.24) is 35.9 Å². The van der Waals surface area contributed by atoms with Crippen LogP contribution in [-0.2, 0) is 17.8 Å². The summed E-state index contributed by atoms with van der Waals surface area (Å²) in [5, 5.41) is 10.6. The fraction of sp³-hybridized carbons (Fsp3) is 0.267. The molecular formula is C30H31Cl2N7O3. The molecule has 5 rings (SSSR count). The van der Waals surface area contributed by atoms with Crippen LogP contribution >= 0.6 is 23.2 Å². The minimum absolute atomic E-state index is 0.148. The van der Waals surface area contributed by atoms with Gasteiger partial charge in [-0.2, -0.15) is 0 Å². The predicted octanol–water partition coefficient (Wildman–Crippen LogP) is 4.86. The van der Waals surface area contributed by atoms with Crippen molar-refractivity contribution in [3.8, 4) is 45.4 Å². The molecule has 0 aliphatic carbocycles. The van der Waals surface area contributed by atoms with Crippen molar-refractivity contribution >= 4 is 23.2 Å². The lowest BCUT2D eigenvalue weighted by atomic mass is 9.98. The van der Waals surface area contributed by atoms with Gasteiger partial charge in [0.2, 0.25) is 11.8 Å². The van der Waals surface area contributed by atoms with Crippen molar-refractivity contribution in [2.24, 2.45) is 0 Å². The Balaban J connectivity index is 1.42. The highest BCUT2D eigenvalue weighted by atomic mass is 35.5. The molecule has 0 radical (unpaired) electrons. The first-order valence-electron chi connectivity index (χ1n) is 13.2. The number of hydrogen-bond donors (Lipinski definition) is 3. The van der Waals surface area contributed by atoms with Crippen molar-refractivity contribution < 1.29 is 14.2 Å². The van der Waals surface area contributed by atoms with Crippen LogP contribution < -0.4 is 25.4 Å². The van der Waals surface area contributed by atoms with Gasteiger partial charge < -0.3 is 30.2 Å². The average Bonchev–Trinajstić information content (AvgIpc) is 3.43. The van der Waals surface area contributed by atoms with Crippen molar-refractivity contribution in [1.29, 1.82) is 0 Å². The second kappa shape index (κ2) is 13.3. The molecule has 3 heterocycles. The standard InChI is InChI=1S/C30H31Cl2N7O3/c1-17-37-18(16-42-17)11-34-13-26-30(41-4)39-24(15-36-26)22-10-6-8-20(28(22)32)19-7-5-9-21(27(19)31)23-14-35-25(12-33-2)29(38-23)40-3/h5-10,14-15,18,33-34,37H,1,11-13,16H2,2-4H3. The van der Waals surface area contributed by atoms with Gasteiger partial charge in [-0.05, 0) is 13.6 Å². The van der Waals surface area contributed by atoms with Gasteiger partial charge in [-0.15, -0.1) is 0 Å². The molecule has 3 N–H and O–H groups in total. The quantitative estimate of drug-likeness (QED) is 0.218. The Labute approximate surface area is 254 Å². The number of rotatable bonds is 11. The lowest BCUT2D eigenvalue weighted by molar-refractivity contribution is 0.254. The second-order valence-corrected chi connectivity index (χ2v) is 10.2. The van der Waals surface area contributed by atoms with E-state index >= 15 is 0 Å². The molecule has 4 aromatic rings. The Morgan fingerprint density at radius 1 is 0.881 bits per heavy atom. The van der Waals surface area contributed by atoms with Gasteiger partial charge in [-0.1, -0.05) is 59.6 Å². The van der Waals surface area contributed by atoms with E-state index < -0.39 is 0 Å². The largest absolute Gasteiger partial charge is 0.480 e. The molecule has 0 amide bonds. The minimum atomic E-state index is 0.148. The topological polar surface area (TPSA) is 115 Å². The van der Waals surface area contributed by atoms with E-state index in [0.29, 0.717) is 87.8 Å². The summed E-state index contributed by atoms with van der Waals surface area (Å²) < 4.78 is 16.4. The number of nitrogens with zero attached hydrogens (tertiary/aromatic N) is 4. The third-order valence-corrected chi connectivity index (χ3v) is 7.51. The molecule has 1 unspecified atom stereocenters. The van der Waals surface area contributed by atoms with Gasteiger partial charge in [-0.25, -0.2) is 9.97 Å². The minimum Gasteiger partial charge on any atom is -0.480 e. The Hall–Kier alpha value is -3.96. The molecule has 1 fully saturated rings. The molecule has 0 bridgehead atoms. The van der Waals surface area contributed by atoms with Crippen LogP contribution in [0.3, 0.4) is 0 Å². The summed E-state index contributed by atoms with van der Waals surface area (Å²) in [5.74, 6) is 1.43. The van der Waals surface area contributed by atoms with Gasteiger partial charge in [-0.3, -0.25) is 9.97 Å². The first kappa shape index (κ1) is 29.5. The molecule has 1 saturated heterocycles. The number of nitrogens with one attached hydrogen (secondary N) is 3. The normalized spacial score (nSPS) is 14.4. The Kier molecular flexibility index (Phi) is 9.38. The van der Waals surface area contributed by atoms with Crippen molar-refractivity contribution in [2.75, 3.05) is 34.4 Å². The molecule has 1 aliphatic rings. The van der Waals surface area contributed by atoms with Gasteiger partial charge in [0.1, 0.15) is 18.0 Å². The summed E-state index contributed by atoms with van der Waals surface area (Å²) in [7, 11) is 4.97. The van der Waals surface area contributed by atoms with E-state index in [9.17, 15) is 0 Å². The predicted molar refractivity (Wildman–Crippen MR) is 164 cm³/mol. The molecule has 2 aromatic carbocycles. The first-order valence-corrected chi connectivity index (χ1v) is 14.0. The summed E-state index contributed by atoms with van der Waals surface area (Å²) in [6.45, 7) is 6.02. The molecule has 218 valence electrons. The van der Waals surface area contributed by atoms with Crippen LogP contribution in [0.5, 0.6) is 11.8 Å². The second-order valence-electron chi connectivity index (χ2n) is 9.49. The molecule has 12 heteroatoms. The van der Waals surface area contributed by atoms with E-state index in [2.05, 4.69) is 37.5 Å². The molecular weight excluding hydrogens is 577 g/mol. The maximum atomic E-state index is 6.99. The molecule has 0 spiro atoms. The number of benzene rings is 2. The fourth-order valence-electron chi connectivity index (χ4n) is 4.65. The zero-order valence-corrected chi connectivity index (χ0v) is 25.0. The van der Waals surface area contributed by atoms with Crippen molar-refractivity contribution in [3.63, 3.8) is 0 Å². The monoisotopic (exact) mass is 607 g/mol. The van der Waals surface area contributed by atoms with Crippen LogP contribution in [-0.4, -0.2) is 60.4 Å². The highest BCUT2D eigenvalue weighted by molar-refractivity contribution is 6.39. The van der Waals surface area contributed by atoms with Gasteiger partial charge in [0.05, 0.1) is 54.1 Å². The molecule has 0 saturated carbocycles. The maximum absolute atomic E-state index is 6.99.